The van der Waals surface area contributed by atoms with E-state index in [4.69, 9.17) is 23.7 Å². The minimum atomic E-state index is -0.829. The lowest BCUT2D eigenvalue weighted by molar-refractivity contribution is -0.248. The predicted molar refractivity (Wildman–Crippen MR) is 86.6 cm³/mol. The third kappa shape index (κ3) is 2.70. The molecule has 7 atom stereocenters. The average molecular weight is 370 g/mol. The summed E-state index contributed by atoms with van der Waals surface area (Å²) in [6, 6.07) is 0. The Morgan fingerprint density at radius 3 is 1.35 bits per heavy atom. The largest absolute Gasteiger partial charge is 0.458 e. The van der Waals surface area contributed by atoms with Gasteiger partial charge in [-0.3, -0.25) is 14.4 Å². The Labute approximate surface area is 152 Å². The van der Waals surface area contributed by atoms with Crippen molar-refractivity contribution in [2.45, 2.75) is 57.7 Å². The molecule has 0 spiro atoms. The van der Waals surface area contributed by atoms with Gasteiger partial charge in [0.2, 0.25) is 0 Å². The lowest BCUT2D eigenvalue weighted by Crippen LogP contribution is -2.48. The first-order valence-corrected chi connectivity index (χ1v) is 8.88. The van der Waals surface area contributed by atoms with Gasteiger partial charge >= 0.3 is 17.9 Å². The van der Waals surface area contributed by atoms with Gasteiger partial charge in [0, 0.05) is 58.7 Å². The van der Waals surface area contributed by atoms with E-state index in [1.54, 1.807) is 14.2 Å². The third-order valence-corrected chi connectivity index (χ3v) is 6.15. The monoisotopic (exact) mass is 370 g/mol. The molecule has 3 fully saturated rings. The number of methoxy groups -OCH3 is 2. The second kappa shape index (κ2) is 6.81. The van der Waals surface area contributed by atoms with Gasteiger partial charge in [-0.05, 0) is 12.8 Å². The van der Waals surface area contributed by atoms with Crippen LogP contribution in [0.5, 0.6) is 0 Å². The molecule has 8 nitrogen and oxygen atoms in total. The van der Waals surface area contributed by atoms with Crippen LogP contribution in [0.2, 0.25) is 0 Å². The summed E-state index contributed by atoms with van der Waals surface area (Å²) < 4.78 is 28.2. The van der Waals surface area contributed by atoms with E-state index in [-0.39, 0.29) is 23.7 Å². The standard InChI is InChI=1S/C18H26O8/c1-8(19)24-15-13-11-6-7-12(18(11,22-4)23-5)14(13)16(25-9(2)20)17(15)26-10(3)21/h11-17H,6-7H2,1-5H3/t11-,12+,13+,14-,15-,16+,17?. The lowest BCUT2D eigenvalue weighted by atomic mass is 9.80. The molecular formula is C18H26O8. The Hall–Kier alpha value is -1.67. The number of ether oxygens (including phenoxy) is 5. The molecule has 26 heavy (non-hydrogen) atoms. The van der Waals surface area contributed by atoms with Crippen molar-refractivity contribution in [2.24, 2.45) is 23.7 Å². The van der Waals surface area contributed by atoms with Gasteiger partial charge in [0.05, 0.1) is 0 Å². The second-order valence-corrected chi connectivity index (χ2v) is 7.30. The Balaban J connectivity index is 2.04. The number of hydrogen-bond acceptors (Lipinski definition) is 8. The van der Waals surface area contributed by atoms with Gasteiger partial charge in [-0.2, -0.15) is 0 Å². The highest BCUT2D eigenvalue weighted by Gasteiger charge is 2.75. The lowest BCUT2D eigenvalue weighted by Gasteiger charge is -2.36. The van der Waals surface area contributed by atoms with E-state index in [2.05, 4.69) is 0 Å². The summed E-state index contributed by atoms with van der Waals surface area (Å²) in [6.07, 6.45) is -0.558. The van der Waals surface area contributed by atoms with Crippen molar-refractivity contribution in [2.75, 3.05) is 14.2 Å². The van der Waals surface area contributed by atoms with Crippen LogP contribution in [-0.4, -0.2) is 56.2 Å². The van der Waals surface area contributed by atoms with Gasteiger partial charge in [-0.25, -0.2) is 0 Å². The van der Waals surface area contributed by atoms with Crippen molar-refractivity contribution in [3.8, 4) is 0 Å². The molecule has 1 unspecified atom stereocenters. The minimum absolute atomic E-state index is 0.0459. The molecule has 0 aromatic rings. The maximum absolute atomic E-state index is 11.7. The van der Waals surface area contributed by atoms with Crippen LogP contribution in [0.4, 0.5) is 0 Å². The minimum Gasteiger partial charge on any atom is -0.458 e. The van der Waals surface area contributed by atoms with Crippen molar-refractivity contribution in [3.05, 3.63) is 0 Å². The summed E-state index contributed by atoms with van der Waals surface area (Å²) in [4.78, 5) is 35.1. The zero-order valence-corrected chi connectivity index (χ0v) is 15.7. The maximum atomic E-state index is 11.7. The molecule has 3 rings (SSSR count). The number of hydrogen-bond donors (Lipinski definition) is 0. The predicted octanol–water partition coefficient (Wildman–Crippen LogP) is 1.06. The molecule has 3 aliphatic rings. The Morgan fingerprint density at radius 1 is 0.692 bits per heavy atom. The van der Waals surface area contributed by atoms with Gasteiger partial charge in [0.1, 0.15) is 12.2 Å². The van der Waals surface area contributed by atoms with Crippen molar-refractivity contribution >= 4 is 17.9 Å². The summed E-state index contributed by atoms with van der Waals surface area (Å²) in [7, 11) is 3.20. The highest BCUT2D eigenvalue weighted by molar-refractivity contribution is 5.68. The van der Waals surface area contributed by atoms with Crippen LogP contribution in [-0.2, 0) is 38.1 Å². The second-order valence-electron chi connectivity index (χ2n) is 7.30. The molecule has 0 aliphatic heterocycles. The molecule has 0 saturated heterocycles. The maximum Gasteiger partial charge on any atom is 0.303 e. The number of carbonyl (C=O) groups excluding carboxylic acids is 3. The molecule has 0 aromatic heterocycles. The molecule has 8 heteroatoms. The summed E-state index contributed by atoms with van der Waals surface area (Å²) >= 11 is 0. The van der Waals surface area contributed by atoms with Gasteiger partial charge in [0.15, 0.2) is 11.9 Å². The normalized spacial score (nSPS) is 39.3. The van der Waals surface area contributed by atoms with Crippen molar-refractivity contribution < 1.29 is 38.1 Å². The summed E-state index contributed by atoms with van der Waals surface area (Å²) in [6.45, 7) is 3.91. The van der Waals surface area contributed by atoms with Crippen LogP contribution in [0, 0.1) is 23.7 Å². The highest BCUT2D eigenvalue weighted by atomic mass is 16.7. The molecule has 0 heterocycles. The Kier molecular flexibility index (Phi) is 5.00. The van der Waals surface area contributed by atoms with Crippen LogP contribution in [0.25, 0.3) is 0 Å². The fourth-order valence-corrected chi connectivity index (χ4v) is 5.70. The van der Waals surface area contributed by atoms with Crippen molar-refractivity contribution in [3.63, 3.8) is 0 Å². The quantitative estimate of drug-likeness (QED) is 0.402. The first kappa shape index (κ1) is 19.1. The molecule has 0 aromatic carbocycles. The molecular weight excluding hydrogens is 344 g/mol. The number of esters is 3. The van der Waals surface area contributed by atoms with Crippen LogP contribution in [0.1, 0.15) is 33.6 Å². The Morgan fingerprint density at radius 2 is 1.04 bits per heavy atom. The van der Waals surface area contributed by atoms with Gasteiger partial charge in [0.25, 0.3) is 0 Å². The molecule has 0 radical (unpaired) electrons. The average Bonchev–Trinajstić information content (AvgIpc) is 3.14. The van der Waals surface area contributed by atoms with Crippen molar-refractivity contribution in [1.82, 2.24) is 0 Å². The van der Waals surface area contributed by atoms with Crippen LogP contribution in [0.15, 0.2) is 0 Å². The van der Waals surface area contributed by atoms with E-state index in [0.29, 0.717) is 0 Å². The Bertz CT molecular complexity index is 558. The van der Waals surface area contributed by atoms with E-state index in [0.717, 1.165) is 12.8 Å². The van der Waals surface area contributed by atoms with Crippen molar-refractivity contribution in [1.29, 1.82) is 0 Å². The molecule has 3 aliphatic carbocycles. The summed E-state index contributed by atoms with van der Waals surface area (Å²) in [5, 5.41) is 0. The fraction of sp³-hybridized carbons (Fsp3) is 0.833. The number of carbonyl (C=O) groups is 3. The summed E-state index contributed by atoms with van der Waals surface area (Å²) in [5.74, 6) is -2.71. The van der Waals surface area contributed by atoms with Crippen LogP contribution >= 0.6 is 0 Å². The molecule has 3 saturated carbocycles. The first-order valence-electron chi connectivity index (χ1n) is 8.88. The fourth-order valence-electron chi connectivity index (χ4n) is 5.70. The van der Waals surface area contributed by atoms with E-state index in [1.807, 2.05) is 0 Å². The number of fused-ring (bicyclic) bond motifs is 5. The molecule has 146 valence electrons. The van der Waals surface area contributed by atoms with E-state index < -0.39 is 42.0 Å². The van der Waals surface area contributed by atoms with Gasteiger partial charge in [-0.1, -0.05) is 0 Å². The molecule has 2 bridgehead atoms. The van der Waals surface area contributed by atoms with Crippen LogP contribution in [0.3, 0.4) is 0 Å². The van der Waals surface area contributed by atoms with E-state index >= 15 is 0 Å². The van der Waals surface area contributed by atoms with E-state index in [9.17, 15) is 14.4 Å². The van der Waals surface area contributed by atoms with E-state index in [1.165, 1.54) is 20.8 Å². The van der Waals surface area contributed by atoms with Crippen LogP contribution < -0.4 is 0 Å². The highest BCUT2D eigenvalue weighted by Crippen LogP contribution is 2.66. The topological polar surface area (TPSA) is 97.4 Å². The SMILES string of the molecule is COC1(OC)[C@@H]2CC[C@H]1[C@@H]1[C@H]2[C@@H](OC(C)=O)C(OC(C)=O)[C@H]1OC(C)=O. The zero-order chi connectivity index (χ0) is 19.2. The van der Waals surface area contributed by atoms with Gasteiger partial charge in [-0.15, -0.1) is 0 Å². The first-order chi connectivity index (χ1) is 12.3. The number of rotatable bonds is 5. The third-order valence-electron chi connectivity index (χ3n) is 6.15. The molecule has 0 amide bonds. The zero-order valence-electron chi connectivity index (χ0n) is 15.7. The smallest absolute Gasteiger partial charge is 0.303 e. The molecule has 0 N–H and O–H groups in total. The van der Waals surface area contributed by atoms with Gasteiger partial charge < -0.3 is 23.7 Å². The summed E-state index contributed by atoms with van der Waals surface area (Å²) in [5.41, 5.74) is 0.